The molecule has 5 aromatic rings. The zero-order valence-corrected chi connectivity index (χ0v) is 26.7. The Hall–Kier alpha value is -4.63. The van der Waals surface area contributed by atoms with Crippen molar-refractivity contribution in [3.8, 4) is 6.07 Å². The highest BCUT2D eigenvalue weighted by molar-refractivity contribution is 6.35. The highest BCUT2D eigenvalue weighted by atomic mass is 35.5. The van der Waals surface area contributed by atoms with Crippen molar-refractivity contribution in [2.45, 2.75) is 57.3 Å². The molecule has 2 saturated carbocycles. The summed E-state index contributed by atoms with van der Waals surface area (Å²) in [6.45, 7) is 1.72. The third kappa shape index (κ3) is 5.36. The number of halogens is 4. The van der Waals surface area contributed by atoms with Gasteiger partial charge < -0.3 is 15.2 Å². The van der Waals surface area contributed by atoms with Crippen LogP contribution in [0, 0.1) is 22.7 Å². The van der Waals surface area contributed by atoms with Crippen LogP contribution in [0.4, 0.5) is 24.5 Å². The van der Waals surface area contributed by atoms with Gasteiger partial charge >= 0.3 is 6.18 Å². The minimum atomic E-state index is -4.47. The first-order valence-electron chi connectivity index (χ1n) is 15.4. The quantitative estimate of drug-likeness (QED) is 0.171. The summed E-state index contributed by atoms with van der Waals surface area (Å²) in [6.07, 6.45) is 4.97. The van der Waals surface area contributed by atoms with Gasteiger partial charge in [-0.3, -0.25) is 9.78 Å². The molecule has 47 heavy (non-hydrogen) atoms. The first-order valence-corrected chi connectivity index (χ1v) is 15.8. The summed E-state index contributed by atoms with van der Waals surface area (Å²) in [5, 5.41) is 27.4. The Balaban J connectivity index is 1.35. The Kier molecular flexibility index (Phi) is 7.24. The van der Waals surface area contributed by atoms with Crippen molar-refractivity contribution in [2.24, 2.45) is 18.4 Å². The van der Waals surface area contributed by atoms with Crippen LogP contribution in [0.1, 0.15) is 62.4 Å². The molecule has 9 nitrogen and oxygen atoms in total. The van der Waals surface area contributed by atoms with E-state index < -0.39 is 24.2 Å². The van der Waals surface area contributed by atoms with Crippen LogP contribution in [0.5, 0.6) is 0 Å². The fourth-order valence-electron chi connectivity index (χ4n) is 6.36. The average molecular weight is 661 g/mol. The molecule has 2 aliphatic rings. The van der Waals surface area contributed by atoms with Crippen molar-refractivity contribution < 1.29 is 13.2 Å². The Morgan fingerprint density at radius 1 is 1.15 bits per heavy atom. The van der Waals surface area contributed by atoms with Crippen molar-refractivity contribution in [1.82, 2.24) is 24.5 Å². The number of pyridine rings is 2. The number of aromatic nitrogens is 5. The van der Waals surface area contributed by atoms with E-state index in [-0.39, 0.29) is 27.4 Å². The van der Waals surface area contributed by atoms with Crippen LogP contribution in [0.3, 0.4) is 0 Å². The predicted octanol–water partition coefficient (Wildman–Crippen LogP) is 7.30. The molecule has 0 amide bonds. The molecule has 1 atom stereocenters. The number of nitriles is 1. The maximum Gasteiger partial charge on any atom is 0.395 e. The lowest BCUT2D eigenvalue weighted by molar-refractivity contribution is -0.206. The largest absolute Gasteiger partial charge is 0.395 e. The number of hydrogen-bond donors (Lipinski definition) is 2. The van der Waals surface area contributed by atoms with Crippen LogP contribution < -0.4 is 16.2 Å². The summed E-state index contributed by atoms with van der Waals surface area (Å²) in [7, 11) is 1.70. The van der Waals surface area contributed by atoms with E-state index in [0.717, 1.165) is 37.6 Å². The molecule has 242 valence electrons. The third-order valence-corrected chi connectivity index (χ3v) is 9.95. The molecular formula is C34H32ClF3N8O. The monoisotopic (exact) mass is 660 g/mol. The van der Waals surface area contributed by atoms with E-state index in [2.05, 4.69) is 25.9 Å². The summed E-state index contributed by atoms with van der Waals surface area (Å²) >= 11 is 6.75. The van der Waals surface area contributed by atoms with E-state index in [4.69, 9.17) is 11.6 Å². The van der Waals surface area contributed by atoms with Gasteiger partial charge in [-0.05, 0) is 80.7 Å². The van der Waals surface area contributed by atoms with Gasteiger partial charge in [-0.15, -0.1) is 5.10 Å². The molecule has 2 aliphatic carbocycles. The number of hydrogen-bond acceptors (Lipinski definition) is 7. The van der Waals surface area contributed by atoms with Gasteiger partial charge in [0, 0.05) is 42.4 Å². The fourth-order valence-corrected chi connectivity index (χ4v) is 6.62. The summed E-state index contributed by atoms with van der Waals surface area (Å²) in [6, 6.07) is 12.3. The second-order valence-electron chi connectivity index (χ2n) is 13.3. The van der Waals surface area contributed by atoms with Crippen molar-refractivity contribution in [3.63, 3.8) is 0 Å². The van der Waals surface area contributed by atoms with Crippen LogP contribution in [0.15, 0.2) is 59.8 Å². The molecule has 13 heteroatoms. The van der Waals surface area contributed by atoms with Crippen molar-refractivity contribution in [2.75, 3.05) is 17.2 Å². The van der Waals surface area contributed by atoms with Crippen LogP contribution in [0.2, 0.25) is 5.02 Å². The smallest absolute Gasteiger partial charge is 0.382 e. The second kappa shape index (κ2) is 11.0. The van der Waals surface area contributed by atoms with E-state index in [1.54, 1.807) is 31.4 Å². The molecule has 3 heterocycles. The molecular weight excluding hydrogens is 629 g/mol. The second-order valence-corrected chi connectivity index (χ2v) is 13.7. The Labute approximate surface area is 273 Å². The van der Waals surface area contributed by atoms with Crippen LogP contribution in [-0.2, 0) is 12.6 Å². The third-order valence-electron chi connectivity index (χ3n) is 9.66. The molecule has 0 spiro atoms. The van der Waals surface area contributed by atoms with E-state index in [0.29, 0.717) is 33.6 Å². The van der Waals surface area contributed by atoms with Gasteiger partial charge in [0.2, 0.25) is 0 Å². The van der Waals surface area contributed by atoms with Crippen LogP contribution in [0.25, 0.3) is 21.7 Å². The van der Waals surface area contributed by atoms with Gasteiger partial charge in [-0.2, -0.15) is 18.4 Å². The number of nitrogens with zero attached hydrogens (tertiary/aromatic N) is 6. The number of benzene rings is 2. The van der Waals surface area contributed by atoms with Crippen molar-refractivity contribution >= 4 is 44.7 Å². The minimum Gasteiger partial charge on any atom is -0.382 e. The number of aryl methyl sites for hydroxylation is 1. The lowest BCUT2D eigenvalue weighted by Crippen LogP contribution is -2.38. The number of fused-ring (bicyclic) bond motifs is 2. The Morgan fingerprint density at radius 3 is 2.60 bits per heavy atom. The van der Waals surface area contributed by atoms with E-state index >= 15 is 0 Å². The highest BCUT2D eigenvalue weighted by Gasteiger charge is 2.56. The molecule has 0 saturated heterocycles. The van der Waals surface area contributed by atoms with E-state index in [1.165, 1.54) is 23.6 Å². The number of rotatable bonds is 9. The molecule has 3 aromatic heterocycles. The molecule has 2 N–H and O–H groups in total. The summed E-state index contributed by atoms with van der Waals surface area (Å²) < 4.78 is 44.7. The van der Waals surface area contributed by atoms with Crippen LogP contribution >= 0.6 is 11.6 Å². The van der Waals surface area contributed by atoms with Gasteiger partial charge in [0.1, 0.15) is 11.8 Å². The molecule has 0 bridgehead atoms. The van der Waals surface area contributed by atoms with Gasteiger partial charge in [0.25, 0.3) is 5.56 Å². The topological polar surface area (TPSA) is 113 Å². The van der Waals surface area contributed by atoms with Gasteiger partial charge in [-0.25, -0.2) is 4.68 Å². The molecule has 0 aliphatic heterocycles. The maximum atomic E-state index is 13.7. The maximum absolute atomic E-state index is 13.7. The fraction of sp³-hybridized carbons (Fsp3) is 0.382. The van der Waals surface area contributed by atoms with Crippen molar-refractivity contribution in [1.29, 1.82) is 5.26 Å². The molecule has 7 rings (SSSR count). The highest BCUT2D eigenvalue weighted by Crippen LogP contribution is 2.59. The molecule has 0 radical (unpaired) electrons. The number of anilines is 2. The van der Waals surface area contributed by atoms with Gasteiger partial charge in [-0.1, -0.05) is 28.9 Å². The predicted molar refractivity (Wildman–Crippen MR) is 174 cm³/mol. The summed E-state index contributed by atoms with van der Waals surface area (Å²) in [4.78, 5) is 17.4. The first-order chi connectivity index (χ1) is 22.3. The van der Waals surface area contributed by atoms with Gasteiger partial charge in [0.15, 0.2) is 0 Å². The standard InChI is InChI=1S/C34H32ClF3N8O/c1-32(2,34(36,37)38)18-41-28-19(15-39)16-40-29-25(28)13-21(14-26(29)35)42-30(23-5-4-6-24-22(23)9-12-45(3)31(24)47)27-17-46(44-43-27)33(10-11-33)20-7-8-20/h4-6,9,12-14,16-17,20,30,42H,7-8,10-11,18H2,1-3H3,(H,40,41). The Morgan fingerprint density at radius 2 is 1.91 bits per heavy atom. The summed E-state index contributed by atoms with van der Waals surface area (Å²) in [5.74, 6) is 0.596. The Bertz CT molecular complexity index is 2140. The average Bonchev–Trinajstić information content (AvgIpc) is 3.97. The normalized spacial score (nSPS) is 16.6. The number of alkyl halides is 3. The zero-order valence-electron chi connectivity index (χ0n) is 26.0. The van der Waals surface area contributed by atoms with E-state index in [1.807, 2.05) is 35.1 Å². The minimum absolute atomic E-state index is 0.000874. The summed E-state index contributed by atoms with van der Waals surface area (Å²) in [5.41, 5.74) is 0.348. The van der Waals surface area contributed by atoms with E-state index in [9.17, 15) is 23.2 Å². The molecule has 1 unspecified atom stereocenters. The lowest BCUT2D eigenvalue weighted by Gasteiger charge is -2.28. The first kappa shape index (κ1) is 31.0. The molecule has 2 fully saturated rings. The van der Waals surface area contributed by atoms with Gasteiger partial charge in [0.05, 0.1) is 45.0 Å². The lowest BCUT2D eigenvalue weighted by atomic mass is 9.92. The zero-order chi connectivity index (χ0) is 33.3. The van der Waals surface area contributed by atoms with Crippen LogP contribution in [-0.4, -0.2) is 37.3 Å². The SMILES string of the molecule is Cn1ccc2c(C(Nc3cc(Cl)c4ncc(C#N)c(NCC(C)(C)C(F)(F)F)c4c3)c3cn(C4(C5CC5)CC4)nn3)cccc2c1=O. The number of nitrogens with one attached hydrogen (secondary N) is 2. The molecule has 2 aromatic carbocycles. The van der Waals surface area contributed by atoms with Crippen molar-refractivity contribution in [3.05, 3.63) is 87.2 Å².